The molecule has 1 rings (SSSR count). The Balaban J connectivity index is 2.40. The number of hydrogen-bond acceptors (Lipinski definition) is 3. The summed E-state index contributed by atoms with van der Waals surface area (Å²) < 4.78 is 24.2. The van der Waals surface area contributed by atoms with Crippen molar-refractivity contribution in [3.05, 3.63) is 29.3 Å². The average Bonchev–Trinajstić information content (AvgIpc) is 2.40. The molecule has 0 aromatic heterocycles. The van der Waals surface area contributed by atoms with Crippen LogP contribution in [0, 0.1) is 5.41 Å². The first-order valence-corrected chi connectivity index (χ1v) is 9.38. The van der Waals surface area contributed by atoms with Crippen LogP contribution in [-0.4, -0.2) is 26.6 Å². The van der Waals surface area contributed by atoms with Gasteiger partial charge < -0.3 is 5.32 Å². The van der Waals surface area contributed by atoms with Gasteiger partial charge in [-0.1, -0.05) is 38.4 Å². The summed E-state index contributed by atoms with van der Waals surface area (Å²) in [5.41, 5.74) is 0.237. The Morgan fingerprint density at radius 1 is 1.27 bits per heavy atom. The number of benzene rings is 1. The van der Waals surface area contributed by atoms with Crippen molar-refractivity contribution in [2.24, 2.45) is 5.41 Å². The van der Waals surface area contributed by atoms with E-state index < -0.39 is 9.84 Å². The molecule has 0 saturated heterocycles. The average molecular weight is 346 g/mol. The summed E-state index contributed by atoms with van der Waals surface area (Å²) in [7, 11) is -3.48. The molecule has 6 heteroatoms. The molecule has 1 aromatic carbocycles. The van der Waals surface area contributed by atoms with Gasteiger partial charge >= 0.3 is 0 Å². The SMILES string of the molecule is CC(C)(C)CCCNC(=O)CCS(=O)(=O)c1cccc(Cl)c1. The van der Waals surface area contributed by atoms with E-state index in [-0.39, 0.29) is 28.4 Å². The minimum absolute atomic E-state index is 0.0373. The smallest absolute Gasteiger partial charge is 0.221 e. The summed E-state index contributed by atoms with van der Waals surface area (Å²) in [4.78, 5) is 11.9. The second-order valence-corrected chi connectivity index (χ2v) is 9.09. The number of rotatable bonds is 7. The molecule has 0 atom stereocenters. The minimum atomic E-state index is -3.48. The van der Waals surface area contributed by atoms with Crippen LogP contribution in [-0.2, 0) is 14.6 Å². The van der Waals surface area contributed by atoms with E-state index in [0.29, 0.717) is 11.6 Å². The zero-order valence-corrected chi connectivity index (χ0v) is 14.9. The molecule has 0 saturated carbocycles. The lowest BCUT2D eigenvalue weighted by molar-refractivity contribution is -0.120. The molecule has 1 aromatic rings. The first kappa shape index (κ1) is 19.0. The van der Waals surface area contributed by atoms with Crippen LogP contribution in [0.4, 0.5) is 0 Å². The predicted molar refractivity (Wildman–Crippen MR) is 89.8 cm³/mol. The van der Waals surface area contributed by atoms with E-state index in [1.807, 2.05) is 0 Å². The van der Waals surface area contributed by atoms with Gasteiger partial charge in [0.2, 0.25) is 5.91 Å². The van der Waals surface area contributed by atoms with Crippen molar-refractivity contribution < 1.29 is 13.2 Å². The highest BCUT2D eigenvalue weighted by molar-refractivity contribution is 7.91. The molecule has 0 bridgehead atoms. The van der Waals surface area contributed by atoms with Gasteiger partial charge in [0.25, 0.3) is 0 Å². The quantitative estimate of drug-likeness (QED) is 0.770. The standard InChI is InChI=1S/C16H24ClNO3S/c1-16(2,3)9-5-10-18-15(19)8-11-22(20,21)14-7-4-6-13(17)12-14/h4,6-7,12H,5,8-11H2,1-3H3,(H,18,19). The van der Waals surface area contributed by atoms with Crippen molar-refractivity contribution >= 4 is 27.3 Å². The molecule has 0 radical (unpaired) electrons. The maximum atomic E-state index is 12.1. The van der Waals surface area contributed by atoms with Crippen molar-refractivity contribution in [1.29, 1.82) is 0 Å². The molecule has 22 heavy (non-hydrogen) atoms. The summed E-state index contributed by atoms with van der Waals surface area (Å²) in [5, 5.41) is 3.13. The number of carbonyl (C=O) groups excluding carboxylic acids is 1. The largest absolute Gasteiger partial charge is 0.356 e. The highest BCUT2D eigenvalue weighted by Gasteiger charge is 2.17. The molecule has 1 N–H and O–H groups in total. The van der Waals surface area contributed by atoms with Gasteiger partial charge in [0.15, 0.2) is 9.84 Å². The first-order valence-electron chi connectivity index (χ1n) is 7.35. The molecule has 4 nitrogen and oxygen atoms in total. The lowest BCUT2D eigenvalue weighted by atomic mass is 9.91. The normalized spacial score (nSPS) is 12.2. The molecular formula is C16H24ClNO3S. The number of halogens is 1. The summed E-state index contributed by atoms with van der Waals surface area (Å²) in [6, 6.07) is 6.09. The molecule has 0 aliphatic rings. The summed E-state index contributed by atoms with van der Waals surface area (Å²) >= 11 is 5.79. The monoisotopic (exact) mass is 345 g/mol. The van der Waals surface area contributed by atoms with Gasteiger partial charge in [-0.25, -0.2) is 8.42 Å². The van der Waals surface area contributed by atoms with Gasteiger partial charge in [-0.2, -0.15) is 0 Å². The van der Waals surface area contributed by atoms with E-state index in [2.05, 4.69) is 26.1 Å². The highest BCUT2D eigenvalue weighted by Crippen LogP contribution is 2.20. The Kier molecular flexibility index (Phi) is 6.88. The molecule has 0 spiro atoms. The molecule has 0 heterocycles. The molecule has 0 fully saturated rings. The fourth-order valence-electron chi connectivity index (χ4n) is 1.94. The molecule has 1 amide bonds. The third-order valence-corrected chi connectivity index (χ3v) is 5.13. The maximum absolute atomic E-state index is 12.1. The second kappa shape index (κ2) is 7.97. The lowest BCUT2D eigenvalue weighted by Gasteiger charge is -2.17. The van der Waals surface area contributed by atoms with Gasteiger partial charge in [-0.05, 0) is 36.5 Å². The van der Waals surface area contributed by atoms with Crippen molar-refractivity contribution in [3.63, 3.8) is 0 Å². The number of nitrogens with one attached hydrogen (secondary N) is 1. The Morgan fingerprint density at radius 2 is 1.95 bits per heavy atom. The van der Waals surface area contributed by atoms with Crippen molar-refractivity contribution in [3.8, 4) is 0 Å². The van der Waals surface area contributed by atoms with E-state index in [9.17, 15) is 13.2 Å². The van der Waals surface area contributed by atoms with Crippen molar-refractivity contribution in [2.45, 2.75) is 44.9 Å². The van der Waals surface area contributed by atoms with Gasteiger partial charge in [-0.3, -0.25) is 4.79 Å². The Morgan fingerprint density at radius 3 is 2.55 bits per heavy atom. The van der Waals surface area contributed by atoms with Crippen LogP contribution in [0.15, 0.2) is 29.2 Å². The van der Waals surface area contributed by atoms with Crippen LogP contribution in [0.1, 0.15) is 40.0 Å². The van der Waals surface area contributed by atoms with Gasteiger partial charge in [0, 0.05) is 18.0 Å². The van der Waals surface area contributed by atoms with E-state index >= 15 is 0 Å². The molecule has 124 valence electrons. The van der Waals surface area contributed by atoms with E-state index in [1.54, 1.807) is 12.1 Å². The van der Waals surface area contributed by atoms with Crippen LogP contribution in [0.25, 0.3) is 0 Å². The fourth-order valence-corrected chi connectivity index (χ4v) is 3.48. The van der Waals surface area contributed by atoms with E-state index in [4.69, 9.17) is 11.6 Å². The van der Waals surface area contributed by atoms with E-state index in [0.717, 1.165) is 12.8 Å². The van der Waals surface area contributed by atoms with E-state index in [1.165, 1.54) is 12.1 Å². The molecular weight excluding hydrogens is 322 g/mol. The Bertz CT molecular complexity index is 606. The van der Waals surface area contributed by atoms with Crippen LogP contribution < -0.4 is 5.32 Å². The Hall–Kier alpha value is -1.07. The lowest BCUT2D eigenvalue weighted by Crippen LogP contribution is -2.27. The van der Waals surface area contributed by atoms with Gasteiger partial charge in [-0.15, -0.1) is 0 Å². The molecule has 0 aliphatic carbocycles. The number of carbonyl (C=O) groups is 1. The van der Waals surface area contributed by atoms with Crippen LogP contribution in [0.3, 0.4) is 0 Å². The van der Waals surface area contributed by atoms with Gasteiger partial charge in [0.1, 0.15) is 0 Å². The third-order valence-electron chi connectivity index (χ3n) is 3.18. The summed E-state index contributed by atoms with van der Waals surface area (Å²) in [5.74, 6) is -0.446. The highest BCUT2D eigenvalue weighted by atomic mass is 35.5. The van der Waals surface area contributed by atoms with Gasteiger partial charge in [0.05, 0.1) is 10.6 Å². The van der Waals surface area contributed by atoms with Crippen LogP contribution in [0.5, 0.6) is 0 Å². The summed E-state index contributed by atoms with van der Waals surface area (Å²) in [6.07, 6.45) is 1.86. The zero-order valence-electron chi connectivity index (χ0n) is 13.4. The number of sulfone groups is 1. The van der Waals surface area contributed by atoms with Crippen molar-refractivity contribution in [2.75, 3.05) is 12.3 Å². The number of hydrogen-bond donors (Lipinski definition) is 1. The van der Waals surface area contributed by atoms with Crippen LogP contribution in [0.2, 0.25) is 5.02 Å². The van der Waals surface area contributed by atoms with Crippen LogP contribution >= 0.6 is 11.6 Å². The molecule has 0 unspecified atom stereocenters. The summed E-state index contributed by atoms with van der Waals surface area (Å²) in [6.45, 7) is 7.01. The minimum Gasteiger partial charge on any atom is -0.356 e. The zero-order chi connectivity index (χ0) is 16.8. The second-order valence-electron chi connectivity index (χ2n) is 6.54. The first-order chi connectivity index (χ1) is 10.1. The maximum Gasteiger partial charge on any atom is 0.221 e. The third kappa shape index (κ3) is 7.27. The topological polar surface area (TPSA) is 63.2 Å². The fraction of sp³-hybridized carbons (Fsp3) is 0.562. The predicted octanol–water partition coefficient (Wildman–Crippen LogP) is 3.45. The number of amides is 1. The Labute approximate surface area is 138 Å². The van der Waals surface area contributed by atoms with Crippen molar-refractivity contribution in [1.82, 2.24) is 5.32 Å². The molecule has 0 aliphatic heterocycles.